The number of ether oxygens (including phenoxy) is 2. The summed E-state index contributed by atoms with van der Waals surface area (Å²) in [6.45, 7) is 6.98. The number of piperazine rings is 1. The number of nitrogens with two attached hydrogens (primary N) is 1. The first-order valence-electron chi connectivity index (χ1n) is 6.39. The van der Waals surface area contributed by atoms with Crippen molar-refractivity contribution < 1.29 is 9.47 Å². The zero-order valence-corrected chi connectivity index (χ0v) is 10.7. The highest BCUT2D eigenvalue weighted by Gasteiger charge is 2.24. The lowest BCUT2D eigenvalue weighted by Crippen LogP contribution is -2.49. The van der Waals surface area contributed by atoms with Crippen LogP contribution in [0, 0.1) is 6.92 Å². The fourth-order valence-corrected chi connectivity index (χ4v) is 2.54. The molecule has 1 fully saturated rings. The summed E-state index contributed by atoms with van der Waals surface area (Å²) in [6.07, 6.45) is 0. The van der Waals surface area contributed by atoms with Crippen molar-refractivity contribution in [3.8, 4) is 11.5 Å². The summed E-state index contributed by atoms with van der Waals surface area (Å²) in [5, 5.41) is 1.86. The van der Waals surface area contributed by atoms with Gasteiger partial charge in [0.05, 0.1) is 5.69 Å². The molecule has 0 spiro atoms. The van der Waals surface area contributed by atoms with Crippen LogP contribution in [0.3, 0.4) is 0 Å². The van der Waals surface area contributed by atoms with Crippen LogP contribution in [0.2, 0.25) is 0 Å². The van der Waals surface area contributed by atoms with E-state index in [-0.39, 0.29) is 0 Å². The van der Waals surface area contributed by atoms with Gasteiger partial charge >= 0.3 is 0 Å². The first-order valence-corrected chi connectivity index (χ1v) is 6.39. The summed E-state index contributed by atoms with van der Waals surface area (Å²) in [5.41, 5.74) is 2.39. The lowest BCUT2D eigenvalue weighted by molar-refractivity contribution is 0.171. The summed E-state index contributed by atoms with van der Waals surface area (Å²) in [4.78, 5) is 2.34. The van der Waals surface area contributed by atoms with Crippen molar-refractivity contribution in [1.29, 1.82) is 0 Å². The Bertz CT molecular complexity index is 442. The molecule has 1 aromatic carbocycles. The van der Waals surface area contributed by atoms with Crippen molar-refractivity contribution in [2.24, 2.45) is 5.84 Å². The van der Waals surface area contributed by atoms with Gasteiger partial charge in [-0.15, -0.1) is 0 Å². The van der Waals surface area contributed by atoms with Crippen molar-refractivity contribution >= 4 is 5.69 Å². The smallest absolute Gasteiger partial charge is 0.184 e. The number of benzene rings is 1. The number of rotatable bonds is 1. The maximum atomic E-state index is 5.80. The van der Waals surface area contributed by atoms with E-state index in [9.17, 15) is 0 Å². The number of hydrogen-bond donors (Lipinski definition) is 1. The van der Waals surface area contributed by atoms with Gasteiger partial charge in [0.2, 0.25) is 0 Å². The fourth-order valence-electron chi connectivity index (χ4n) is 2.54. The molecule has 3 rings (SSSR count). The molecule has 5 heteroatoms. The second-order valence-electron chi connectivity index (χ2n) is 4.78. The van der Waals surface area contributed by atoms with Crippen molar-refractivity contribution in [2.45, 2.75) is 6.92 Å². The highest BCUT2D eigenvalue weighted by atomic mass is 16.6. The molecule has 2 N–H and O–H groups in total. The number of anilines is 1. The third kappa shape index (κ3) is 2.00. The molecule has 0 radical (unpaired) electrons. The van der Waals surface area contributed by atoms with Gasteiger partial charge in [-0.2, -0.15) is 0 Å². The maximum Gasteiger partial charge on any atom is 0.184 e. The van der Waals surface area contributed by atoms with Crippen LogP contribution in [0.5, 0.6) is 11.5 Å². The van der Waals surface area contributed by atoms with Gasteiger partial charge in [-0.25, -0.2) is 5.01 Å². The molecule has 5 nitrogen and oxygen atoms in total. The van der Waals surface area contributed by atoms with Gasteiger partial charge in [0, 0.05) is 26.2 Å². The summed E-state index contributed by atoms with van der Waals surface area (Å²) in [5.74, 6) is 7.56. The number of aryl methyl sites for hydroxylation is 1. The summed E-state index contributed by atoms with van der Waals surface area (Å²) in [6, 6.07) is 4.09. The predicted octanol–water partition coefficient (Wildman–Crippen LogP) is 0.762. The van der Waals surface area contributed by atoms with Gasteiger partial charge in [0.15, 0.2) is 11.5 Å². The normalized spacial score (nSPS) is 20.0. The van der Waals surface area contributed by atoms with Crippen LogP contribution in [0.1, 0.15) is 5.56 Å². The van der Waals surface area contributed by atoms with Gasteiger partial charge in [-0.05, 0) is 18.6 Å². The zero-order chi connectivity index (χ0) is 12.5. The molecule has 0 aromatic heterocycles. The van der Waals surface area contributed by atoms with E-state index in [0.717, 1.165) is 37.7 Å². The Hall–Kier alpha value is -1.46. The van der Waals surface area contributed by atoms with Crippen LogP contribution in [0.25, 0.3) is 0 Å². The summed E-state index contributed by atoms with van der Waals surface area (Å²) < 4.78 is 11.4. The molecule has 1 aromatic rings. The summed E-state index contributed by atoms with van der Waals surface area (Å²) in [7, 11) is 0. The highest BCUT2D eigenvalue weighted by Crippen LogP contribution is 2.42. The van der Waals surface area contributed by atoms with Gasteiger partial charge in [0.1, 0.15) is 13.2 Å². The van der Waals surface area contributed by atoms with Crippen LogP contribution in [0.15, 0.2) is 12.1 Å². The minimum atomic E-state index is 0.625. The van der Waals surface area contributed by atoms with E-state index in [1.165, 1.54) is 11.3 Å². The Morgan fingerprint density at radius 2 is 1.78 bits per heavy atom. The monoisotopic (exact) mass is 249 g/mol. The van der Waals surface area contributed by atoms with Crippen molar-refractivity contribution in [2.75, 3.05) is 44.3 Å². The largest absolute Gasteiger partial charge is 0.486 e. The first kappa shape index (κ1) is 11.6. The Morgan fingerprint density at radius 3 is 2.56 bits per heavy atom. The first-order chi connectivity index (χ1) is 8.75. The molecule has 0 bridgehead atoms. The molecule has 0 saturated carbocycles. The average Bonchev–Trinajstić information content (AvgIpc) is 2.40. The van der Waals surface area contributed by atoms with E-state index in [0.29, 0.717) is 13.2 Å². The number of hydrazine groups is 1. The molecular weight excluding hydrogens is 230 g/mol. The SMILES string of the molecule is Cc1ccc2c(c1N1CCN(N)CC1)OCCO2. The molecule has 98 valence electrons. The molecule has 0 unspecified atom stereocenters. The second kappa shape index (κ2) is 4.66. The average molecular weight is 249 g/mol. The molecule has 1 saturated heterocycles. The van der Waals surface area contributed by atoms with Crippen molar-refractivity contribution in [3.05, 3.63) is 17.7 Å². The number of hydrogen-bond acceptors (Lipinski definition) is 5. The maximum absolute atomic E-state index is 5.80. The molecule has 18 heavy (non-hydrogen) atoms. The van der Waals surface area contributed by atoms with Crippen LogP contribution >= 0.6 is 0 Å². The second-order valence-corrected chi connectivity index (χ2v) is 4.78. The minimum absolute atomic E-state index is 0.625. The van der Waals surface area contributed by atoms with E-state index in [1.54, 1.807) is 0 Å². The van der Waals surface area contributed by atoms with E-state index in [1.807, 2.05) is 11.1 Å². The van der Waals surface area contributed by atoms with Crippen molar-refractivity contribution in [3.63, 3.8) is 0 Å². The predicted molar refractivity (Wildman–Crippen MR) is 70.1 cm³/mol. The van der Waals surface area contributed by atoms with Crippen LogP contribution in [-0.4, -0.2) is 44.4 Å². The molecule has 2 aliphatic heterocycles. The zero-order valence-electron chi connectivity index (χ0n) is 10.7. The highest BCUT2D eigenvalue weighted by molar-refractivity contribution is 5.69. The van der Waals surface area contributed by atoms with E-state index in [4.69, 9.17) is 15.3 Å². The van der Waals surface area contributed by atoms with Gasteiger partial charge in [-0.1, -0.05) is 6.07 Å². The molecular formula is C13H19N3O2. The Balaban J connectivity index is 1.95. The molecule has 0 amide bonds. The van der Waals surface area contributed by atoms with Crippen molar-refractivity contribution in [1.82, 2.24) is 5.01 Å². The Labute approximate surface area is 107 Å². The third-order valence-corrected chi connectivity index (χ3v) is 3.51. The number of fused-ring (bicyclic) bond motifs is 1. The lowest BCUT2D eigenvalue weighted by Gasteiger charge is -2.36. The summed E-state index contributed by atoms with van der Waals surface area (Å²) >= 11 is 0. The van der Waals surface area contributed by atoms with E-state index >= 15 is 0 Å². The molecule has 2 aliphatic rings. The van der Waals surface area contributed by atoms with Crippen LogP contribution < -0.4 is 20.2 Å². The van der Waals surface area contributed by atoms with E-state index in [2.05, 4.69) is 17.9 Å². The molecule has 0 atom stereocenters. The number of nitrogens with zero attached hydrogens (tertiary/aromatic N) is 2. The minimum Gasteiger partial charge on any atom is -0.486 e. The van der Waals surface area contributed by atoms with E-state index < -0.39 is 0 Å². The van der Waals surface area contributed by atoms with Crippen LogP contribution in [-0.2, 0) is 0 Å². The molecule has 2 heterocycles. The van der Waals surface area contributed by atoms with Crippen LogP contribution in [0.4, 0.5) is 5.69 Å². The quantitative estimate of drug-likeness (QED) is 0.745. The fraction of sp³-hybridized carbons (Fsp3) is 0.538. The Kier molecular flexibility index (Phi) is 3.01. The Morgan fingerprint density at radius 1 is 1.06 bits per heavy atom. The topological polar surface area (TPSA) is 51.0 Å². The van der Waals surface area contributed by atoms with Gasteiger partial charge < -0.3 is 14.4 Å². The third-order valence-electron chi connectivity index (χ3n) is 3.51. The standard InChI is InChI=1S/C13H19N3O2/c1-10-2-3-11-13(18-9-8-17-11)12(10)15-4-6-16(14)7-5-15/h2-3H,4-9,14H2,1H3. The van der Waals surface area contributed by atoms with Gasteiger partial charge in [0.25, 0.3) is 0 Å². The van der Waals surface area contributed by atoms with Gasteiger partial charge in [-0.3, -0.25) is 5.84 Å². The molecule has 0 aliphatic carbocycles. The lowest BCUT2D eigenvalue weighted by atomic mass is 10.1.